The Morgan fingerprint density at radius 3 is 2.54 bits per heavy atom. The number of epoxide rings is 1. The van der Waals surface area contributed by atoms with Gasteiger partial charge < -0.3 is 24.8 Å². The highest BCUT2D eigenvalue weighted by Crippen LogP contribution is 2.72. The van der Waals surface area contributed by atoms with Crippen LogP contribution in [0.4, 0.5) is 0 Å². The van der Waals surface area contributed by atoms with E-state index >= 15 is 0 Å². The van der Waals surface area contributed by atoms with Crippen molar-refractivity contribution in [2.75, 3.05) is 6.61 Å². The average molecular weight is 487 g/mol. The van der Waals surface area contributed by atoms with Gasteiger partial charge >= 0.3 is 5.97 Å². The van der Waals surface area contributed by atoms with Crippen molar-refractivity contribution in [1.82, 2.24) is 0 Å². The first-order chi connectivity index (χ1) is 16.4. The molecule has 6 rings (SSSR count). The van der Waals surface area contributed by atoms with Crippen LogP contribution < -0.4 is 0 Å². The van der Waals surface area contributed by atoms with Crippen LogP contribution in [0.2, 0.25) is 0 Å². The summed E-state index contributed by atoms with van der Waals surface area (Å²) in [6.45, 7) is 7.62. The van der Waals surface area contributed by atoms with E-state index in [0.29, 0.717) is 24.8 Å². The Labute approximate surface area is 206 Å². The second-order valence-electron chi connectivity index (χ2n) is 12.7. The third-order valence-electron chi connectivity index (χ3n) is 11.8. The van der Waals surface area contributed by atoms with Gasteiger partial charge in [-0.1, -0.05) is 25.5 Å². The molecule has 2 aliphatic heterocycles. The number of carbonyl (C=O) groups is 2. The number of esters is 1. The summed E-state index contributed by atoms with van der Waals surface area (Å²) in [7, 11) is 0. The number of ketones is 1. The lowest BCUT2D eigenvalue weighted by molar-refractivity contribution is -0.202. The Morgan fingerprint density at radius 2 is 1.86 bits per heavy atom. The van der Waals surface area contributed by atoms with Gasteiger partial charge in [0.05, 0.1) is 29.3 Å². The van der Waals surface area contributed by atoms with E-state index in [2.05, 4.69) is 6.92 Å². The molecule has 6 aliphatic rings. The first-order valence-electron chi connectivity index (χ1n) is 13.3. The van der Waals surface area contributed by atoms with Gasteiger partial charge in [0, 0.05) is 12.3 Å². The lowest BCUT2D eigenvalue weighted by atomic mass is 9.43. The summed E-state index contributed by atoms with van der Waals surface area (Å²) in [4.78, 5) is 25.8. The topological polar surface area (TPSA) is 117 Å². The van der Waals surface area contributed by atoms with Gasteiger partial charge in [0.15, 0.2) is 5.78 Å². The highest BCUT2D eigenvalue weighted by atomic mass is 16.6. The maximum Gasteiger partial charge on any atom is 0.336 e. The molecule has 192 valence electrons. The smallest absolute Gasteiger partial charge is 0.336 e. The van der Waals surface area contributed by atoms with E-state index in [-0.39, 0.29) is 48.3 Å². The molecule has 3 N–H and O–H groups in total. The van der Waals surface area contributed by atoms with Crippen LogP contribution in [0.5, 0.6) is 0 Å². The minimum absolute atomic E-state index is 0.00324. The summed E-state index contributed by atoms with van der Waals surface area (Å²) >= 11 is 0. The molecule has 0 bridgehead atoms. The number of aliphatic hydroxyl groups is 3. The number of ether oxygens (including phenoxy) is 2. The standard InChI is InChI=1S/C28H38O7/c1-14-12-19(34-24(31)16(14)13-29)15(2)27(32)11-8-17-21-18(7-10-25(17,27)3)26(4)20(30)6-5-9-28(26,33)23-22(21)35-23/h5-6,15,17-19,21-23,29,32-33H,7-13H2,1-4H3/t15-,17+,18+,19-,21+,22+,23+,25+,26+,27+,28+/m1/s1. The van der Waals surface area contributed by atoms with E-state index in [0.717, 1.165) is 24.8 Å². The Bertz CT molecular complexity index is 1050. The van der Waals surface area contributed by atoms with Gasteiger partial charge in [-0.15, -0.1) is 0 Å². The summed E-state index contributed by atoms with van der Waals surface area (Å²) in [6.07, 6.45) is 6.45. The predicted molar refractivity (Wildman–Crippen MR) is 126 cm³/mol. The minimum Gasteiger partial charge on any atom is -0.458 e. The lowest BCUT2D eigenvalue weighted by Crippen LogP contribution is -2.68. The number of hydrogen-bond acceptors (Lipinski definition) is 7. The molecular formula is C28H38O7. The zero-order chi connectivity index (χ0) is 25.1. The molecule has 4 fully saturated rings. The lowest BCUT2D eigenvalue weighted by Gasteiger charge is -2.61. The number of cyclic esters (lactones) is 1. The van der Waals surface area contributed by atoms with Crippen LogP contribution in [0.25, 0.3) is 0 Å². The summed E-state index contributed by atoms with van der Waals surface area (Å²) in [5.41, 5.74) is -2.33. The highest BCUT2D eigenvalue weighted by molar-refractivity contribution is 5.97. The van der Waals surface area contributed by atoms with Crippen molar-refractivity contribution < 1.29 is 34.4 Å². The number of rotatable bonds is 3. The van der Waals surface area contributed by atoms with Crippen LogP contribution >= 0.6 is 0 Å². The van der Waals surface area contributed by atoms with Crippen LogP contribution in [0, 0.1) is 34.5 Å². The molecule has 4 aliphatic carbocycles. The van der Waals surface area contributed by atoms with Crippen LogP contribution in [0.1, 0.15) is 66.2 Å². The molecular weight excluding hydrogens is 448 g/mol. The fraction of sp³-hybridized carbons (Fsp3) is 0.786. The van der Waals surface area contributed by atoms with Gasteiger partial charge in [0.25, 0.3) is 0 Å². The molecule has 0 aromatic carbocycles. The number of fused-ring (bicyclic) bond motifs is 8. The maximum absolute atomic E-state index is 13.3. The summed E-state index contributed by atoms with van der Waals surface area (Å²) in [5, 5.41) is 33.6. The van der Waals surface area contributed by atoms with Crippen molar-refractivity contribution in [2.24, 2.45) is 34.5 Å². The molecule has 3 saturated carbocycles. The third kappa shape index (κ3) is 2.71. The Kier molecular flexibility index (Phi) is 4.95. The van der Waals surface area contributed by atoms with E-state index in [4.69, 9.17) is 9.47 Å². The monoisotopic (exact) mass is 486 g/mol. The fourth-order valence-electron chi connectivity index (χ4n) is 9.42. The molecule has 7 nitrogen and oxygen atoms in total. The zero-order valence-corrected chi connectivity index (χ0v) is 21.1. The van der Waals surface area contributed by atoms with Crippen LogP contribution in [0.3, 0.4) is 0 Å². The van der Waals surface area contributed by atoms with E-state index in [1.165, 1.54) is 0 Å². The van der Waals surface area contributed by atoms with Crippen molar-refractivity contribution in [2.45, 2.75) is 95.7 Å². The van der Waals surface area contributed by atoms with Crippen LogP contribution in [-0.2, 0) is 19.1 Å². The van der Waals surface area contributed by atoms with Gasteiger partial charge in [-0.05, 0) is 75.2 Å². The number of allylic oxidation sites excluding steroid dienone is 1. The normalized spacial score (nSPS) is 53.3. The van der Waals surface area contributed by atoms with Gasteiger partial charge in [-0.25, -0.2) is 4.79 Å². The highest BCUT2D eigenvalue weighted by Gasteiger charge is 2.78. The zero-order valence-electron chi connectivity index (χ0n) is 21.1. The largest absolute Gasteiger partial charge is 0.458 e. The van der Waals surface area contributed by atoms with Crippen LogP contribution in [0.15, 0.2) is 23.3 Å². The maximum atomic E-state index is 13.3. The van der Waals surface area contributed by atoms with Gasteiger partial charge in [-0.3, -0.25) is 4.79 Å². The molecule has 0 amide bonds. The van der Waals surface area contributed by atoms with Gasteiger partial charge in [-0.2, -0.15) is 0 Å². The van der Waals surface area contributed by atoms with Crippen molar-refractivity contribution >= 4 is 11.8 Å². The molecule has 0 aromatic heterocycles. The van der Waals surface area contributed by atoms with Gasteiger partial charge in [0.2, 0.25) is 0 Å². The van der Waals surface area contributed by atoms with E-state index in [1.54, 1.807) is 12.2 Å². The second-order valence-corrected chi connectivity index (χ2v) is 12.7. The number of aliphatic hydroxyl groups excluding tert-OH is 1. The van der Waals surface area contributed by atoms with Gasteiger partial charge in [0.1, 0.15) is 17.8 Å². The fourth-order valence-corrected chi connectivity index (χ4v) is 9.42. The second kappa shape index (κ2) is 7.27. The molecule has 2 heterocycles. The molecule has 1 saturated heterocycles. The number of carbonyl (C=O) groups excluding carboxylic acids is 2. The first-order valence-corrected chi connectivity index (χ1v) is 13.3. The molecule has 0 aromatic rings. The quantitative estimate of drug-likeness (QED) is 0.414. The Balaban J connectivity index is 1.32. The molecule has 0 radical (unpaired) electrons. The van der Waals surface area contributed by atoms with Crippen molar-refractivity contribution in [3.05, 3.63) is 23.3 Å². The molecule has 0 unspecified atom stereocenters. The first kappa shape index (κ1) is 23.8. The van der Waals surface area contributed by atoms with Crippen LogP contribution in [-0.4, -0.2) is 63.2 Å². The number of hydrogen-bond donors (Lipinski definition) is 3. The Hall–Kier alpha value is -1.54. The molecule has 11 atom stereocenters. The minimum atomic E-state index is -1.16. The predicted octanol–water partition coefficient (Wildman–Crippen LogP) is 2.47. The summed E-state index contributed by atoms with van der Waals surface area (Å²) in [5.74, 6) is -0.493. The summed E-state index contributed by atoms with van der Waals surface area (Å²) < 4.78 is 11.9. The SMILES string of the molecule is CC1=C(CO)C(=O)O[C@@H]([C@@H](C)[C@@]2(O)CC[C@H]3[C@@H]4[C@@H]5O[C@@H]5[C@@]5(O)CC=CC(=O)[C@]5(C)[C@H]4CC[C@@]32C)C1. The average Bonchev–Trinajstić information content (AvgIpc) is 3.56. The molecule has 35 heavy (non-hydrogen) atoms. The Morgan fingerprint density at radius 1 is 1.14 bits per heavy atom. The molecule has 0 spiro atoms. The third-order valence-corrected chi connectivity index (χ3v) is 11.8. The van der Waals surface area contributed by atoms with Crippen molar-refractivity contribution in [3.8, 4) is 0 Å². The molecule has 7 heteroatoms. The van der Waals surface area contributed by atoms with E-state index in [1.807, 2.05) is 20.8 Å². The van der Waals surface area contributed by atoms with E-state index in [9.17, 15) is 24.9 Å². The van der Waals surface area contributed by atoms with Crippen molar-refractivity contribution in [3.63, 3.8) is 0 Å². The summed E-state index contributed by atoms with van der Waals surface area (Å²) in [6, 6.07) is 0. The van der Waals surface area contributed by atoms with E-state index < -0.39 is 34.1 Å². The van der Waals surface area contributed by atoms with Crippen molar-refractivity contribution in [1.29, 1.82) is 0 Å².